The van der Waals surface area contributed by atoms with Crippen LogP contribution < -0.4 is 4.74 Å². The van der Waals surface area contributed by atoms with Gasteiger partial charge in [0.2, 0.25) is 0 Å². The summed E-state index contributed by atoms with van der Waals surface area (Å²) in [6.07, 6.45) is 1.64. The van der Waals surface area contributed by atoms with Crippen LogP contribution in [0.15, 0.2) is 47.1 Å². The molecule has 0 aliphatic carbocycles. The van der Waals surface area contributed by atoms with Crippen LogP contribution in [0.4, 0.5) is 5.69 Å². The minimum atomic E-state index is -0.390. The van der Waals surface area contributed by atoms with Gasteiger partial charge in [-0.15, -0.1) is 0 Å². The van der Waals surface area contributed by atoms with Crippen molar-refractivity contribution in [1.82, 2.24) is 9.78 Å². The number of fused-ring (bicyclic) bond motifs is 1. The van der Waals surface area contributed by atoms with Crippen molar-refractivity contribution in [2.24, 2.45) is 0 Å². The van der Waals surface area contributed by atoms with Gasteiger partial charge in [-0.05, 0) is 23.8 Å². The summed E-state index contributed by atoms with van der Waals surface area (Å²) < 4.78 is 7.42. The van der Waals surface area contributed by atoms with E-state index in [-0.39, 0.29) is 10.6 Å². The van der Waals surface area contributed by atoms with Crippen molar-refractivity contribution in [2.75, 3.05) is 7.11 Å². The number of benzene rings is 2. The lowest BCUT2D eigenvalue weighted by atomic mass is 10.2. The highest BCUT2D eigenvalue weighted by Gasteiger charge is 2.18. The van der Waals surface area contributed by atoms with Gasteiger partial charge in [0.25, 0.3) is 5.69 Å². The fourth-order valence-corrected chi connectivity index (χ4v) is 2.80. The number of nitro groups is 1. The topological polar surface area (TPSA) is 70.2 Å². The lowest BCUT2D eigenvalue weighted by Gasteiger charge is -2.06. The molecule has 1 heterocycles. The number of nitro benzene ring substituents is 1. The first-order valence-corrected chi connectivity index (χ1v) is 7.30. The Balaban J connectivity index is 2.05. The summed E-state index contributed by atoms with van der Waals surface area (Å²) in [5.74, 6) is 0.768. The van der Waals surface area contributed by atoms with Crippen molar-refractivity contribution in [3.63, 3.8) is 0 Å². The normalized spacial score (nSPS) is 10.8. The lowest BCUT2D eigenvalue weighted by Crippen LogP contribution is -2.03. The number of ether oxygens (including phenoxy) is 1. The van der Waals surface area contributed by atoms with Crippen LogP contribution in [0, 0.1) is 10.1 Å². The third kappa shape index (κ3) is 2.67. The molecule has 0 spiro atoms. The van der Waals surface area contributed by atoms with Crippen LogP contribution >= 0.6 is 15.9 Å². The third-order valence-electron chi connectivity index (χ3n) is 3.37. The minimum absolute atomic E-state index is 0.0374. The van der Waals surface area contributed by atoms with Crippen molar-refractivity contribution < 1.29 is 9.66 Å². The number of hydrogen-bond donors (Lipinski definition) is 0. The molecular formula is C15H12BrN3O3. The molecule has 0 saturated heterocycles. The van der Waals surface area contributed by atoms with Gasteiger partial charge in [0.15, 0.2) is 0 Å². The summed E-state index contributed by atoms with van der Waals surface area (Å²) in [7, 11) is 1.61. The third-order valence-corrected chi connectivity index (χ3v) is 3.82. The summed E-state index contributed by atoms with van der Waals surface area (Å²) in [4.78, 5) is 10.9. The van der Waals surface area contributed by atoms with Crippen LogP contribution in [-0.2, 0) is 6.54 Å². The van der Waals surface area contributed by atoms with Gasteiger partial charge in [-0.1, -0.05) is 28.1 Å². The van der Waals surface area contributed by atoms with Crippen LogP contribution in [-0.4, -0.2) is 21.8 Å². The zero-order chi connectivity index (χ0) is 15.7. The van der Waals surface area contributed by atoms with Crippen molar-refractivity contribution in [3.05, 3.63) is 62.7 Å². The lowest BCUT2D eigenvalue weighted by molar-refractivity contribution is -0.383. The number of methoxy groups -OCH3 is 1. The molecule has 0 bridgehead atoms. The molecule has 0 radical (unpaired) electrons. The van der Waals surface area contributed by atoms with Gasteiger partial charge in [-0.25, -0.2) is 0 Å². The van der Waals surface area contributed by atoms with E-state index < -0.39 is 0 Å². The molecule has 0 atom stereocenters. The van der Waals surface area contributed by atoms with E-state index in [4.69, 9.17) is 4.74 Å². The van der Waals surface area contributed by atoms with Crippen molar-refractivity contribution in [3.8, 4) is 5.75 Å². The highest BCUT2D eigenvalue weighted by atomic mass is 79.9. The molecule has 0 N–H and O–H groups in total. The van der Waals surface area contributed by atoms with Crippen LogP contribution in [0.25, 0.3) is 10.9 Å². The molecule has 0 aliphatic rings. The molecular weight excluding hydrogens is 350 g/mol. The first-order chi connectivity index (χ1) is 10.6. The SMILES string of the molecule is COc1ccc(Cn2ncc3cc(Br)cc([N+](=O)[O-])c32)cc1. The van der Waals surface area contributed by atoms with Gasteiger partial charge in [0.05, 0.1) is 24.8 Å². The second-order valence-electron chi connectivity index (χ2n) is 4.77. The number of halogens is 1. The average molecular weight is 362 g/mol. The van der Waals surface area contributed by atoms with Crippen LogP contribution in [0.1, 0.15) is 5.56 Å². The molecule has 0 unspecified atom stereocenters. The molecule has 3 aromatic rings. The number of nitrogens with zero attached hydrogens (tertiary/aromatic N) is 3. The molecule has 0 aliphatic heterocycles. The smallest absolute Gasteiger partial charge is 0.296 e. The van der Waals surface area contributed by atoms with Gasteiger partial charge >= 0.3 is 0 Å². The Labute approximate surface area is 134 Å². The highest BCUT2D eigenvalue weighted by Crippen LogP contribution is 2.30. The van der Waals surface area contributed by atoms with Gasteiger partial charge in [-0.2, -0.15) is 5.10 Å². The average Bonchev–Trinajstić information content (AvgIpc) is 2.89. The Kier molecular flexibility index (Phi) is 3.81. The second-order valence-corrected chi connectivity index (χ2v) is 5.69. The van der Waals surface area contributed by atoms with E-state index in [1.165, 1.54) is 6.07 Å². The van der Waals surface area contributed by atoms with Crippen LogP contribution in [0.5, 0.6) is 5.75 Å². The highest BCUT2D eigenvalue weighted by molar-refractivity contribution is 9.10. The molecule has 0 saturated carbocycles. The number of rotatable bonds is 4. The number of non-ortho nitro benzene ring substituents is 1. The largest absolute Gasteiger partial charge is 0.497 e. The Morgan fingerprint density at radius 3 is 2.68 bits per heavy atom. The first kappa shape index (κ1) is 14.5. The van der Waals surface area contributed by atoms with Crippen molar-refractivity contribution >= 4 is 32.5 Å². The molecule has 7 heteroatoms. The van der Waals surface area contributed by atoms with Gasteiger partial charge in [-0.3, -0.25) is 14.8 Å². The monoisotopic (exact) mass is 361 g/mol. The van der Waals surface area contributed by atoms with Gasteiger partial charge in [0, 0.05) is 15.9 Å². The Morgan fingerprint density at radius 2 is 2.05 bits per heavy atom. The summed E-state index contributed by atoms with van der Waals surface area (Å²) in [5, 5.41) is 16.3. The van der Waals surface area contributed by atoms with Gasteiger partial charge < -0.3 is 4.74 Å². The molecule has 6 nitrogen and oxygen atoms in total. The van der Waals surface area contributed by atoms with Crippen molar-refractivity contribution in [1.29, 1.82) is 0 Å². The molecule has 112 valence electrons. The molecule has 1 aromatic heterocycles. The zero-order valence-corrected chi connectivity index (χ0v) is 13.3. The van der Waals surface area contributed by atoms with Crippen LogP contribution in [0.3, 0.4) is 0 Å². The fraction of sp³-hybridized carbons (Fsp3) is 0.133. The molecule has 0 fully saturated rings. The zero-order valence-electron chi connectivity index (χ0n) is 11.7. The van der Waals surface area contributed by atoms with Crippen molar-refractivity contribution in [2.45, 2.75) is 6.54 Å². The first-order valence-electron chi connectivity index (χ1n) is 6.51. The maximum absolute atomic E-state index is 11.3. The fourth-order valence-electron chi connectivity index (χ4n) is 2.34. The number of aromatic nitrogens is 2. The Hall–Kier alpha value is -2.41. The quantitative estimate of drug-likeness (QED) is 0.523. The maximum Gasteiger partial charge on any atom is 0.296 e. The predicted octanol–water partition coefficient (Wildman–Crippen LogP) is 3.76. The number of hydrogen-bond acceptors (Lipinski definition) is 4. The van der Waals surface area contributed by atoms with E-state index in [1.54, 1.807) is 18.0 Å². The molecule has 22 heavy (non-hydrogen) atoms. The molecule has 0 amide bonds. The van der Waals surface area contributed by atoms with E-state index in [1.807, 2.05) is 30.3 Å². The molecule has 2 aromatic carbocycles. The Morgan fingerprint density at radius 1 is 1.32 bits per heavy atom. The van der Waals surface area contributed by atoms with E-state index in [9.17, 15) is 10.1 Å². The summed E-state index contributed by atoms with van der Waals surface area (Å²) in [5.41, 5.74) is 1.54. The summed E-state index contributed by atoms with van der Waals surface area (Å²) in [6.45, 7) is 0.454. The minimum Gasteiger partial charge on any atom is -0.497 e. The standard InChI is InChI=1S/C15H12BrN3O3/c1-22-13-4-2-10(3-5-13)9-18-15-11(8-17-18)6-12(16)7-14(15)19(20)21/h2-8H,9H2,1H3. The van der Waals surface area contributed by atoms with Crippen LogP contribution in [0.2, 0.25) is 0 Å². The van der Waals surface area contributed by atoms with E-state index in [2.05, 4.69) is 21.0 Å². The predicted molar refractivity (Wildman–Crippen MR) is 86.2 cm³/mol. The molecule has 3 rings (SSSR count). The van der Waals surface area contributed by atoms with E-state index in [0.717, 1.165) is 16.7 Å². The summed E-state index contributed by atoms with van der Waals surface area (Å²) in [6, 6.07) is 10.8. The maximum atomic E-state index is 11.3. The second kappa shape index (κ2) is 5.76. The summed E-state index contributed by atoms with van der Waals surface area (Å²) >= 11 is 3.29. The Bertz CT molecular complexity index is 843. The van der Waals surface area contributed by atoms with E-state index >= 15 is 0 Å². The van der Waals surface area contributed by atoms with E-state index in [0.29, 0.717) is 16.5 Å². The van der Waals surface area contributed by atoms with Gasteiger partial charge in [0.1, 0.15) is 11.3 Å².